The highest BCUT2D eigenvalue weighted by atomic mass is 32.2. The van der Waals surface area contributed by atoms with Gasteiger partial charge >= 0.3 is 0 Å². The van der Waals surface area contributed by atoms with Crippen molar-refractivity contribution in [2.24, 2.45) is 10.7 Å². The van der Waals surface area contributed by atoms with Crippen molar-refractivity contribution in [2.45, 2.75) is 4.90 Å². The summed E-state index contributed by atoms with van der Waals surface area (Å²) in [6.07, 6.45) is 1.16. The molecule has 0 saturated heterocycles. The first kappa shape index (κ1) is 15.1. The Morgan fingerprint density at radius 1 is 1.14 bits per heavy atom. The molecule has 0 aromatic heterocycles. The Morgan fingerprint density at radius 3 is 2.38 bits per heavy atom. The fourth-order valence-corrected chi connectivity index (χ4v) is 2.38. The number of methoxy groups -OCH3 is 1. The van der Waals surface area contributed by atoms with Gasteiger partial charge in [0.15, 0.2) is 9.84 Å². The lowest BCUT2D eigenvalue weighted by molar-refractivity contribution is 0.414. The van der Waals surface area contributed by atoms with Crippen molar-refractivity contribution >= 4 is 21.4 Å². The molecule has 0 aliphatic heterocycles. The minimum Gasteiger partial charge on any atom is -0.497 e. The molecule has 0 heterocycles. The minimum atomic E-state index is -3.21. The zero-order valence-corrected chi connectivity index (χ0v) is 12.6. The van der Waals surface area contributed by atoms with Gasteiger partial charge in [-0.1, -0.05) is 12.1 Å². The first-order chi connectivity index (χ1) is 9.90. The molecule has 5 nitrogen and oxygen atoms in total. The van der Waals surface area contributed by atoms with Gasteiger partial charge in [-0.15, -0.1) is 0 Å². The van der Waals surface area contributed by atoms with E-state index in [-0.39, 0.29) is 4.90 Å². The van der Waals surface area contributed by atoms with Crippen molar-refractivity contribution in [1.82, 2.24) is 0 Å². The summed E-state index contributed by atoms with van der Waals surface area (Å²) < 4.78 is 27.9. The maximum Gasteiger partial charge on any atom is 0.175 e. The Hall–Kier alpha value is -2.34. The van der Waals surface area contributed by atoms with Crippen LogP contribution in [-0.2, 0) is 9.84 Å². The van der Waals surface area contributed by atoms with Crippen molar-refractivity contribution in [3.8, 4) is 5.75 Å². The zero-order valence-electron chi connectivity index (χ0n) is 11.8. The maximum absolute atomic E-state index is 11.4. The van der Waals surface area contributed by atoms with Crippen molar-refractivity contribution in [3.63, 3.8) is 0 Å². The summed E-state index contributed by atoms with van der Waals surface area (Å²) in [5.74, 6) is 1.03. The lowest BCUT2D eigenvalue weighted by Crippen LogP contribution is -2.12. The molecule has 0 fully saturated rings. The van der Waals surface area contributed by atoms with E-state index in [1.54, 1.807) is 25.3 Å². The van der Waals surface area contributed by atoms with Gasteiger partial charge in [-0.25, -0.2) is 13.4 Å². The predicted octanol–water partition coefficient (Wildman–Crippen LogP) is 2.14. The molecule has 2 rings (SSSR count). The van der Waals surface area contributed by atoms with Crippen molar-refractivity contribution in [3.05, 3.63) is 54.1 Å². The summed E-state index contributed by atoms with van der Waals surface area (Å²) in [5.41, 5.74) is 7.27. The standard InChI is InChI=1S/C15H16N2O3S/c1-20-13-5-3-4-11(10-13)15(16)17-12-6-8-14(9-7-12)21(2,18)19/h3-10H,1-2H3,(H2,16,17). The van der Waals surface area contributed by atoms with Gasteiger partial charge in [0.2, 0.25) is 0 Å². The number of ether oxygens (including phenoxy) is 1. The Labute approximate surface area is 124 Å². The number of aliphatic imine (C=N–C) groups is 1. The molecule has 0 saturated carbocycles. The van der Waals surface area contributed by atoms with Gasteiger partial charge in [0.25, 0.3) is 0 Å². The predicted molar refractivity (Wildman–Crippen MR) is 82.9 cm³/mol. The molecule has 0 radical (unpaired) electrons. The summed E-state index contributed by atoms with van der Waals surface area (Å²) >= 11 is 0. The third kappa shape index (κ3) is 3.82. The van der Waals surface area contributed by atoms with E-state index in [4.69, 9.17) is 10.5 Å². The van der Waals surface area contributed by atoms with E-state index in [0.29, 0.717) is 17.3 Å². The number of nitrogens with two attached hydrogens (primary N) is 1. The van der Waals surface area contributed by atoms with E-state index in [0.717, 1.165) is 11.8 Å². The highest BCUT2D eigenvalue weighted by Crippen LogP contribution is 2.18. The van der Waals surface area contributed by atoms with E-state index in [2.05, 4.69) is 4.99 Å². The van der Waals surface area contributed by atoms with Gasteiger partial charge < -0.3 is 10.5 Å². The summed E-state index contributed by atoms with van der Waals surface area (Å²) in [5, 5.41) is 0. The number of rotatable bonds is 4. The van der Waals surface area contributed by atoms with Crippen molar-refractivity contribution in [2.75, 3.05) is 13.4 Å². The lowest BCUT2D eigenvalue weighted by atomic mass is 10.2. The Bertz CT molecular complexity index is 766. The van der Waals surface area contributed by atoms with E-state index < -0.39 is 9.84 Å². The molecule has 2 N–H and O–H groups in total. The molecule has 110 valence electrons. The first-order valence-corrected chi connectivity index (χ1v) is 8.08. The van der Waals surface area contributed by atoms with Crippen LogP contribution in [0, 0.1) is 0 Å². The van der Waals surface area contributed by atoms with Gasteiger partial charge in [-0.3, -0.25) is 0 Å². The van der Waals surface area contributed by atoms with Crippen LogP contribution in [0.25, 0.3) is 0 Å². The van der Waals surface area contributed by atoms with Gasteiger partial charge in [0.1, 0.15) is 11.6 Å². The van der Waals surface area contributed by atoms with Gasteiger partial charge in [0.05, 0.1) is 17.7 Å². The topological polar surface area (TPSA) is 81.8 Å². The Morgan fingerprint density at radius 2 is 1.81 bits per heavy atom. The third-order valence-electron chi connectivity index (χ3n) is 2.88. The quantitative estimate of drug-likeness (QED) is 0.693. The van der Waals surface area contributed by atoms with Gasteiger partial charge in [-0.05, 0) is 36.4 Å². The second-order valence-corrected chi connectivity index (χ2v) is 6.51. The maximum atomic E-state index is 11.4. The molecule has 0 amide bonds. The number of nitrogens with zero attached hydrogens (tertiary/aromatic N) is 1. The Kier molecular flexibility index (Phi) is 4.28. The van der Waals surface area contributed by atoms with Gasteiger partial charge in [0, 0.05) is 11.8 Å². The van der Waals surface area contributed by atoms with Crippen molar-refractivity contribution in [1.29, 1.82) is 0 Å². The number of hydrogen-bond acceptors (Lipinski definition) is 4. The Balaban J connectivity index is 2.30. The molecule has 0 atom stereocenters. The second kappa shape index (κ2) is 5.97. The van der Waals surface area contributed by atoms with Crippen LogP contribution >= 0.6 is 0 Å². The fraction of sp³-hybridized carbons (Fsp3) is 0.133. The van der Waals surface area contributed by atoms with Gasteiger partial charge in [-0.2, -0.15) is 0 Å². The smallest absolute Gasteiger partial charge is 0.175 e. The number of amidine groups is 1. The first-order valence-electron chi connectivity index (χ1n) is 6.19. The number of hydrogen-bond donors (Lipinski definition) is 1. The number of benzene rings is 2. The van der Waals surface area contributed by atoms with E-state index in [1.165, 1.54) is 12.1 Å². The monoisotopic (exact) mass is 304 g/mol. The van der Waals surface area contributed by atoms with E-state index in [9.17, 15) is 8.42 Å². The largest absolute Gasteiger partial charge is 0.497 e. The molecule has 0 spiro atoms. The molecule has 2 aromatic carbocycles. The van der Waals surface area contributed by atoms with Crippen LogP contribution in [0.4, 0.5) is 5.69 Å². The van der Waals surface area contributed by atoms with Crippen molar-refractivity contribution < 1.29 is 13.2 Å². The highest BCUT2D eigenvalue weighted by molar-refractivity contribution is 7.90. The molecule has 2 aromatic rings. The number of sulfone groups is 1. The summed E-state index contributed by atoms with van der Waals surface area (Å²) in [7, 11) is -1.63. The SMILES string of the molecule is COc1cccc(C(N)=Nc2ccc(S(C)(=O)=O)cc2)c1. The highest BCUT2D eigenvalue weighted by Gasteiger charge is 2.06. The average molecular weight is 304 g/mol. The summed E-state index contributed by atoms with van der Waals surface area (Å²) in [6.45, 7) is 0. The van der Waals surface area contributed by atoms with Crippen LogP contribution in [0.5, 0.6) is 5.75 Å². The average Bonchev–Trinajstić information content (AvgIpc) is 2.47. The normalized spacial score (nSPS) is 12.2. The molecule has 0 aliphatic rings. The van der Waals surface area contributed by atoms with Crippen LogP contribution in [0.2, 0.25) is 0 Å². The molecule has 0 bridgehead atoms. The summed E-state index contributed by atoms with van der Waals surface area (Å²) in [4.78, 5) is 4.52. The molecule has 0 aliphatic carbocycles. The lowest BCUT2D eigenvalue weighted by Gasteiger charge is -2.04. The van der Waals surface area contributed by atoms with E-state index in [1.807, 2.05) is 18.2 Å². The second-order valence-electron chi connectivity index (χ2n) is 4.50. The summed E-state index contributed by atoms with van der Waals surface area (Å²) in [6, 6.07) is 13.5. The third-order valence-corrected chi connectivity index (χ3v) is 4.01. The molecule has 0 unspecified atom stereocenters. The zero-order chi connectivity index (χ0) is 15.5. The molecular weight excluding hydrogens is 288 g/mol. The fourth-order valence-electron chi connectivity index (χ4n) is 1.75. The van der Waals surface area contributed by atoms with E-state index >= 15 is 0 Å². The van der Waals surface area contributed by atoms with Crippen LogP contribution in [-0.4, -0.2) is 27.6 Å². The molecule has 6 heteroatoms. The van der Waals surface area contributed by atoms with Crippen LogP contribution in [0.1, 0.15) is 5.56 Å². The van der Waals surface area contributed by atoms with Crippen LogP contribution in [0.15, 0.2) is 58.4 Å². The molecular formula is C15H16N2O3S. The minimum absolute atomic E-state index is 0.251. The molecule has 21 heavy (non-hydrogen) atoms. The van der Waals surface area contributed by atoms with Crippen LogP contribution < -0.4 is 10.5 Å². The van der Waals surface area contributed by atoms with Crippen LogP contribution in [0.3, 0.4) is 0 Å².